The summed E-state index contributed by atoms with van der Waals surface area (Å²) in [4.78, 5) is 18.5. The van der Waals surface area contributed by atoms with E-state index >= 15 is 0 Å². The van der Waals surface area contributed by atoms with Crippen LogP contribution in [0.25, 0.3) is 11.4 Å². The van der Waals surface area contributed by atoms with Crippen LogP contribution in [0.4, 0.5) is 5.95 Å². The van der Waals surface area contributed by atoms with Gasteiger partial charge in [0.2, 0.25) is 0 Å². The average molecular weight is 349 g/mol. The van der Waals surface area contributed by atoms with Crippen molar-refractivity contribution in [3.63, 3.8) is 0 Å². The van der Waals surface area contributed by atoms with Crippen molar-refractivity contribution in [2.45, 2.75) is 13.0 Å². The number of amides is 1. The molecule has 2 N–H and O–H groups in total. The molecule has 1 aliphatic rings. The van der Waals surface area contributed by atoms with Crippen molar-refractivity contribution in [1.82, 2.24) is 14.8 Å². The normalized spacial score (nSPS) is 12.2. The number of hydrogen-bond acceptors (Lipinski definition) is 4. The molecular formula is C18H15N5OS. The molecule has 0 aliphatic carbocycles. The maximum atomic E-state index is 12.8. The van der Waals surface area contributed by atoms with Crippen LogP contribution in [0.3, 0.4) is 0 Å². The third kappa shape index (κ3) is 2.68. The molecule has 0 saturated heterocycles. The van der Waals surface area contributed by atoms with Crippen LogP contribution < -0.4 is 10.6 Å². The van der Waals surface area contributed by atoms with Crippen LogP contribution in [-0.4, -0.2) is 25.8 Å². The van der Waals surface area contributed by atoms with Crippen LogP contribution in [0.5, 0.6) is 0 Å². The number of aryl methyl sites for hydroxylation is 2. The number of benzene rings is 2. The van der Waals surface area contributed by atoms with Gasteiger partial charge in [-0.3, -0.25) is 4.79 Å². The third-order valence-electron chi connectivity index (χ3n) is 4.16. The van der Waals surface area contributed by atoms with Crippen LogP contribution in [0, 0.1) is 0 Å². The predicted octanol–water partition coefficient (Wildman–Crippen LogP) is 2.39. The molecule has 3 aromatic rings. The molecule has 2 heterocycles. The molecule has 0 fully saturated rings. The summed E-state index contributed by atoms with van der Waals surface area (Å²) in [5, 5.41) is 4.38. The molecular weight excluding hydrogens is 334 g/mol. The van der Waals surface area contributed by atoms with Crippen LogP contribution >= 0.6 is 12.2 Å². The summed E-state index contributed by atoms with van der Waals surface area (Å²) in [6.07, 6.45) is 0.867. The lowest BCUT2D eigenvalue weighted by Gasteiger charge is -2.16. The van der Waals surface area contributed by atoms with Crippen LogP contribution in [-0.2, 0) is 13.0 Å². The maximum Gasteiger partial charge on any atom is 0.267 e. The quantitative estimate of drug-likeness (QED) is 0.719. The third-order valence-corrected chi connectivity index (χ3v) is 4.34. The van der Waals surface area contributed by atoms with Crippen molar-refractivity contribution in [3.8, 4) is 11.4 Å². The van der Waals surface area contributed by atoms with Gasteiger partial charge in [0, 0.05) is 17.7 Å². The summed E-state index contributed by atoms with van der Waals surface area (Å²) in [6.45, 7) is 0.698. The number of nitrogens with two attached hydrogens (primary N) is 1. The van der Waals surface area contributed by atoms with E-state index in [1.807, 2.05) is 24.3 Å². The number of fused-ring (bicyclic) bond motifs is 3. The van der Waals surface area contributed by atoms with Crippen molar-refractivity contribution in [1.29, 1.82) is 0 Å². The summed E-state index contributed by atoms with van der Waals surface area (Å²) in [5.41, 5.74) is 8.51. The fraction of sp³-hybridized carbons (Fsp3) is 0.111. The molecule has 1 aliphatic heterocycles. The van der Waals surface area contributed by atoms with Crippen molar-refractivity contribution in [2.24, 2.45) is 5.73 Å². The second-order valence-corrected chi connectivity index (χ2v) is 6.13. The van der Waals surface area contributed by atoms with Gasteiger partial charge in [-0.25, -0.2) is 9.58 Å². The first kappa shape index (κ1) is 15.5. The second-order valence-electron chi connectivity index (χ2n) is 5.71. The second kappa shape index (κ2) is 6.10. The highest BCUT2D eigenvalue weighted by atomic mass is 32.1. The Hall–Kier alpha value is -3.06. The van der Waals surface area contributed by atoms with E-state index < -0.39 is 0 Å². The number of aromatic nitrogens is 3. The van der Waals surface area contributed by atoms with E-state index in [4.69, 9.17) is 18.0 Å². The highest BCUT2D eigenvalue weighted by Gasteiger charge is 2.27. The molecule has 1 aromatic heterocycles. The highest BCUT2D eigenvalue weighted by Crippen LogP contribution is 2.29. The smallest absolute Gasteiger partial charge is 0.267 e. The van der Waals surface area contributed by atoms with E-state index in [1.54, 1.807) is 28.9 Å². The number of anilines is 1. The zero-order chi connectivity index (χ0) is 17.4. The Kier molecular flexibility index (Phi) is 3.77. The zero-order valence-corrected chi connectivity index (χ0v) is 14.1. The molecule has 1 amide bonds. The number of carbonyl (C=O) groups is 1. The standard InChI is InChI=1S/C18H15N5OS/c19-17(25)23(16(24)13-7-2-1-3-8-13)18-20-15-14-9-5-4-6-12(14)10-11-22(15)21-18/h1-9H,10-11H2,(H2,19,25). The molecule has 0 saturated carbocycles. The molecule has 6 nitrogen and oxygen atoms in total. The van der Waals surface area contributed by atoms with Crippen LogP contribution in [0.15, 0.2) is 54.6 Å². The number of hydrogen-bond donors (Lipinski definition) is 1. The minimum atomic E-state index is -0.343. The summed E-state index contributed by atoms with van der Waals surface area (Å²) >= 11 is 5.09. The molecule has 25 heavy (non-hydrogen) atoms. The number of thiocarbonyl (C=S) groups is 1. The van der Waals surface area contributed by atoms with Gasteiger partial charge in [0.05, 0.1) is 0 Å². The SMILES string of the molecule is NC(=S)N(C(=O)c1ccccc1)c1nc2n(n1)CCc1ccccc1-2. The fourth-order valence-corrected chi connectivity index (χ4v) is 3.13. The number of carbonyl (C=O) groups excluding carboxylic acids is 1. The minimum Gasteiger partial charge on any atom is -0.375 e. The fourth-order valence-electron chi connectivity index (χ4n) is 2.96. The Labute approximate surface area is 149 Å². The Morgan fingerprint density at radius 3 is 2.60 bits per heavy atom. The van der Waals surface area contributed by atoms with Crippen molar-refractivity contribution < 1.29 is 4.79 Å². The van der Waals surface area contributed by atoms with Gasteiger partial charge in [-0.1, -0.05) is 42.5 Å². The lowest BCUT2D eigenvalue weighted by Crippen LogP contribution is -2.41. The summed E-state index contributed by atoms with van der Waals surface area (Å²) in [6, 6.07) is 16.9. The first-order chi connectivity index (χ1) is 12.1. The van der Waals surface area contributed by atoms with E-state index in [0.717, 1.165) is 17.8 Å². The van der Waals surface area contributed by atoms with Gasteiger partial charge < -0.3 is 5.73 Å². The summed E-state index contributed by atoms with van der Waals surface area (Å²) in [7, 11) is 0. The van der Waals surface area contributed by atoms with Gasteiger partial charge in [0.15, 0.2) is 10.9 Å². The van der Waals surface area contributed by atoms with Crippen LogP contribution in [0.2, 0.25) is 0 Å². The minimum absolute atomic E-state index is 0.0786. The Morgan fingerprint density at radius 2 is 1.84 bits per heavy atom. The van der Waals surface area contributed by atoms with Crippen molar-refractivity contribution in [2.75, 3.05) is 4.90 Å². The predicted molar refractivity (Wildman–Crippen MR) is 99.2 cm³/mol. The summed E-state index contributed by atoms with van der Waals surface area (Å²) < 4.78 is 1.79. The molecule has 7 heteroatoms. The maximum absolute atomic E-state index is 12.8. The van der Waals surface area contributed by atoms with Gasteiger partial charge in [0.25, 0.3) is 11.9 Å². The van der Waals surface area contributed by atoms with E-state index in [2.05, 4.69) is 16.1 Å². The topological polar surface area (TPSA) is 77.0 Å². The van der Waals surface area contributed by atoms with Crippen molar-refractivity contribution in [3.05, 3.63) is 65.7 Å². The lowest BCUT2D eigenvalue weighted by atomic mass is 10.0. The monoisotopic (exact) mass is 349 g/mol. The highest BCUT2D eigenvalue weighted by molar-refractivity contribution is 7.80. The molecule has 0 unspecified atom stereocenters. The van der Waals surface area contributed by atoms with E-state index in [1.165, 1.54) is 10.5 Å². The lowest BCUT2D eigenvalue weighted by molar-refractivity contribution is 0.100. The van der Waals surface area contributed by atoms with E-state index in [9.17, 15) is 4.79 Å². The molecule has 2 aromatic carbocycles. The number of rotatable bonds is 2. The van der Waals surface area contributed by atoms with Crippen molar-refractivity contribution >= 4 is 29.2 Å². The van der Waals surface area contributed by atoms with Gasteiger partial charge in [-0.05, 0) is 36.3 Å². The van der Waals surface area contributed by atoms with Gasteiger partial charge >= 0.3 is 0 Å². The molecule has 0 radical (unpaired) electrons. The largest absolute Gasteiger partial charge is 0.375 e. The summed E-state index contributed by atoms with van der Waals surface area (Å²) in [5.74, 6) is 0.580. The van der Waals surface area contributed by atoms with Gasteiger partial charge in [0.1, 0.15) is 0 Å². The molecule has 0 bridgehead atoms. The molecule has 0 atom stereocenters. The average Bonchev–Trinajstić information content (AvgIpc) is 3.06. The molecule has 124 valence electrons. The first-order valence-corrected chi connectivity index (χ1v) is 8.28. The Morgan fingerprint density at radius 1 is 1.12 bits per heavy atom. The van der Waals surface area contributed by atoms with E-state index in [-0.39, 0.29) is 17.0 Å². The first-order valence-electron chi connectivity index (χ1n) is 7.87. The van der Waals surface area contributed by atoms with Gasteiger partial charge in [-0.15, -0.1) is 5.10 Å². The zero-order valence-electron chi connectivity index (χ0n) is 13.3. The number of nitrogens with zero attached hydrogens (tertiary/aromatic N) is 4. The Balaban J connectivity index is 1.77. The van der Waals surface area contributed by atoms with Gasteiger partial charge in [-0.2, -0.15) is 4.98 Å². The molecule has 4 rings (SSSR count). The van der Waals surface area contributed by atoms with E-state index in [0.29, 0.717) is 12.1 Å². The molecule has 0 spiro atoms. The Bertz CT molecular complexity index is 967. The van der Waals surface area contributed by atoms with Crippen LogP contribution in [0.1, 0.15) is 15.9 Å².